The van der Waals surface area contributed by atoms with Crippen LogP contribution in [-0.2, 0) is 34.9 Å². The summed E-state index contributed by atoms with van der Waals surface area (Å²) in [7, 11) is 2.88. The highest BCUT2D eigenvalue weighted by molar-refractivity contribution is 6.31. The Hall–Kier alpha value is -3.47. The van der Waals surface area contributed by atoms with Gasteiger partial charge in [-0.3, -0.25) is 19.3 Å². The summed E-state index contributed by atoms with van der Waals surface area (Å²) < 4.78 is 35.3. The molecule has 0 amide bonds. The summed E-state index contributed by atoms with van der Waals surface area (Å²) in [5, 5.41) is 44.5. The zero-order valence-corrected chi connectivity index (χ0v) is 25.4. The van der Waals surface area contributed by atoms with Crippen molar-refractivity contribution in [3.05, 3.63) is 51.6 Å². The Morgan fingerprint density at radius 1 is 1.09 bits per heavy atom. The van der Waals surface area contributed by atoms with E-state index in [1.807, 2.05) is 6.92 Å². The molecule has 3 heterocycles. The zero-order valence-electron chi connectivity index (χ0n) is 25.4. The molecular formula is C32H35NO13. The van der Waals surface area contributed by atoms with Gasteiger partial charge in [-0.1, -0.05) is 12.1 Å². The third-order valence-electron chi connectivity index (χ3n) is 9.84. The highest BCUT2D eigenvalue weighted by Crippen LogP contribution is 2.53. The van der Waals surface area contributed by atoms with Gasteiger partial charge in [-0.2, -0.15) is 0 Å². The lowest BCUT2D eigenvalue weighted by Gasteiger charge is -2.43. The number of rotatable bonds is 6. The largest absolute Gasteiger partial charge is 0.507 e. The van der Waals surface area contributed by atoms with Crippen molar-refractivity contribution in [1.29, 1.82) is 0 Å². The van der Waals surface area contributed by atoms with Gasteiger partial charge in [-0.25, -0.2) is 0 Å². The molecule has 14 heteroatoms. The monoisotopic (exact) mass is 641 g/mol. The number of carbonyl (C=O) groups is 3. The van der Waals surface area contributed by atoms with E-state index < -0.39 is 96.0 Å². The Morgan fingerprint density at radius 2 is 1.85 bits per heavy atom. The molecule has 2 aromatic rings. The average molecular weight is 642 g/mol. The maximum absolute atomic E-state index is 13.9. The van der Waals surface area contributed by atoms with Crippen LogP contribution in [0.2, 0.25) is 0 Å². The van der Waals surface area contributed by atoms with Crippen LogP contribution in [0.1, 0.15) is 68.8 Å². The number of phenols is 2. The fraction of sp³-hybridized carbons (Fsp3) is 0.531. The predicted molar refractivity (Wildman–Crippen MR) is 154 cm³/mol. The molecule has 0 saturated carbocycles. The van der Waals surface area contributed by atoms with Gasteiger partial charge in [0.25, 0.3) is 0 Å². The SMILES string of the molecule is COc1cccc2c1C(=O)c1c(O)c3c(c(O)c1C2=O)C[C@@](O)(C(=O)CO)C[C@@H]3O[C@H]1C[C@H]2[C@H](OC3[C@@H](OC)OCCN32)[C@H](C)O1. The van der Waals surface area contributed by atoms with Crippen molar-refractivity contribution in [2.75, 3.05) is 34.0 Å². The van der Waals surface area contributed by atoms with E-state index in [0.29, 0.717) is 19.6 Å². The second-order valence-corrected chi connectivity index (χ2v) is 12.3. The van der Waals surface area contributed by atoms with Gasteiger partial charge in [-0.05, 0) is 13.0 Å². The van der Waals surface area contributed by atoms with Crippen LogP contribution in [0, 0.1) is 0 Å². The number of hydrogen-bond acceptors (Lipinski definition) is 14. The number of fused-ring (bicyclic) bond motifs is 6. The van der Waals surface area contributed by atoms with Gasteiger partial charge in [0.1, 0.15) is 35.6 Å². The van der Waals surface area contributed by atoms with Crippen molar-refractivity contribution >= 4 is 17.3 Å². The number of Topliss-reactive ketones (excluding diaryl/α,β-unsaturated/α-hetero) is 1. The molecule has 246 valence electrons. The Labute approximate surface area is 263 Å². The number of hydrogen-bond donors (Lipinski definition) is 4. The number of phenolic OH excluding ortho intramolecular Hbond substituents is 2. The van der Waals surface area contributed by atoms with Crippen LogP contribution in [0.25, 0.3) is 0 Å². The van der Waals surface area contributed by atoms with E-state index in [1.54, 1.807) is 0 Å². The summed E-state index contributed by atoms with van der Waals surface area (Å²) in [4.78, 5) is 42.6. The smallest absolute Gasteiger partial charge is 0.202 e. The summed E-state index contributed by atoms with van der Waals surface area (Å²) in [6, 6.07) is 4.26. The lowest BCUT2D eigenvalue weighted by molar-refractivity contribution is -0.256. The van der Waals surface area contributed by atoms with Crippen LogP contribution < -0.4 is 4.74 Å². The minimum atomic E-state index is -2.23. The minimum absolute atomic E-state index is 0.0353. The fourth-order valence-corrected chi connectivity index (χ4v) is 7.69. The third kappa shape index (κ3) is 4.51. The first kappa shape index (κ1) is 31.1. The van der Waals surface area contributed by atoms with E-state index in [2.05, 4.69) is 4.90 Å². The summed E-state index contributed by atoms with van der Waals surface area (Å²) in [5.41, 5.74) is -3.43. The van der Waals surface area contributed by atoms with Crippen molar-refractivity contribution in [2.45, 2.75) is 74.9 Å². The van der Waals surface area contributed by atoms with Crippen LogP contribution in [0.3, 0.4) is 0 Å². The van der Waals surface area contributed by atoms with Gasteiger partial charge in [0, 0.05) is 55.6 Å². The Bertz CT molecular complexity index is 1630. The second-order valence-electron chi connectivity index (χ2n) is 12.3. The second kappa shape index (κ2) is 11.3. The highest BCUT2D eigenvalue weighted by atomic mass is 16.7. The molecule has 2 aliphatic carbocycles. The molecule has 1 unspecified atom stereocenters. The standard InChI is InChI=1S/C32H35NO13/c1-13-29-16(33-7-8-43-31(42-3)30(33)46-29)9-20(44-13)45-18-11-32(40,19(35)12-34)10-15-22(18)28(39)24-23(26(15)37)25(36)14-5-4-6-17(41-2)21(14)27(24)38/h4-6,13,16,18,20,29-31,34,37,39-40H,7-12H2,1-3H3/t13-,16-,18-,20-,29+,30?,31-,32-/m0/s1. The number of aliphatic hydroxyl groups is 2. The van der Waals surface area contributed by atoms with E-state index in [4.69, 9.17) is 28.4 Å². The normalized spacial score (nSPS) is 33.5. The van der Waals surface area contributed by atoms with Gasteiger partial charge in [0.2, 0.25) is 5.78 Å². The van der Waals surface area contributed by atoms with E-state index in [0.717, 1.165) is 0 Å². The molecule has 0 aromatic heterocycles. The number of morpholine rings is 1. The number of benzene rings is 2. The minimum Gasteiger partial charge on any atom is -0.507 e. The number of aliphatic hydroxyl groups excluding tert-OH is 1. The van der Waals surface area contributed by atoms with Gasteiger partial charge < -0.3 is 48.8 Å². The number of nitrogens with zero attached hydrogens (tertiary/aromatic N) is 1. The molecular weight excluding hydrogens is 606 g/mol. The van der Waals surface area contributed by atoms with E-state index >= 15 is 0 Å². The van der Waals surface area contributed by atoms with Gasteiger partial charge in [0.05, 0.1) is 42.6 Å². The predicted octanol–water partition coefficient (Wildman–Crippen LogP) is 0.711. The van der Waals surface area contributed by atoms with Crippen molar-refractivity contribution in [3.63, 3.8) is 0 Å². The van der Waals surface area contributed by atoms with Crippen molar-refractivity contribution in [2.24, 2.45) is 0 Å². The third-order valence-corrected chi connectivity index (χ3v) is 9.84. The number of methoxy groups -OCH3 is 2. The van der Waals surface area contributed by atoms with Crippen molar-refractivity contribution < 1.29 is 63.2 Å². The summed E-state index contributed by atoms with van der Waals surface area (Å²) >= 11 is 0. The van der Waals surface area contributed by atoms with Crippen LogP contribution in [-0.4, -0.2) is 119 Å². The lowest BCUT2D eigenvalue weighted by Crippen LogP contribution is -2.55. The number of ether oxygens (including phenoxy) is 6. The molecule has 7 rings (SSSR count). The van der Waals surface area contributed by atoms with Gasteiger partial charge >= 0.3 is 0 Å². The molecule has 5 aliphatic rings. The quantitative estimate of drug-likeness (QED) is 0.275. The van der Waals surface area contributed by atoms with E-state index in [-0.39, 0.29) is 40.1 Å². The van der Waals surface area contributed by atoms with E-state index in [9.17, 15) is 34.8 Å². The molecule has 14 nitrogen and oxygen atoms in total. The number of aromatic hydroxyl groups is 2. The van der Waals surface area contributed by atoms with Crippen LogP contribution in [0.5, 0.6) is 17.2 Å². The lowest BCUT2D eigenvalue weighted by atomic mass is 9.72. The highest BCUT2D eigenvalue weighted by Gasteiger charge is 2.55. The number of carbonyl (C=O) groups excluding carboxylic acids is 3. The molecule has 0 radical (unpaired) electrons. The molecule has 0 bridgehead atoms. The first-order valence-electron chi connectivity index (χ1n) is 15.1. The van der Waals surface area contributed by atoms with E-state index in [1.165, 1.54) is 32.4 Å². The molecule has 46 heavy (non-hydrogen) atoms. The first-order valence-corrected chi connectivity index (χ1v) is 15.1. The molecule has 0 spiro atoms. The Kier molecular flexibility index (Phi) is 7.68. The Morgan fingerprint density at radius 3 is 2.57 bits per heavy atom. The Balaban J connectivity index is 1.30. The zero-order chi connectivity index (χ0) is 32.7. The molecule has 3 aliphatic heterocycles. The molecule has 3 fully saturated rings. The molecule has 8 atom stereocenters. The maximum Gasteiger partial charge on any atom is 0.202 e. The van der Waals surface area contributed by atoms with Crippen molar-refractivity contribution in [1.82, 2.24) is 4.90 Å². The van der Waals surface area contributed by atoms with Gasteiger partial charge in [0.15, 0.2) is 30.4 Å². The summed E-state index contributed by atoms with van der Waals surface area (Å²) in [6.45, 7) is 1.82. The van der Waals surface area contributed by atoms with Gasteiger partial charge in [-0.15, -0.1) is 0 Å². The topological polar surface area (TPSA) is 191 Å². The maximum atomic E-state index is 13.9. The van der Waals surface area contributed by atoms with Crippen LogP contribution in [0.15, 0.2) is 18.2 Å². The van der Waals surface area contributed by atoms with Crippen molar-refractivity contribution in [3.8, 4) is 17.2 Å². The fourth-order valence-electron chi connectivity index (χ4n) is 7.69. The molecule has 2 aromatic carbocycles. The van der Waals surface area contributed by atoms with Crippen LogP contribution in [0.4, 0.5) is 0 Å². The molecule has 3 saturated heterocycles. The number of ketones is 3. The summed E-state index contributed by atoms with van der Waals surface area (Å²) in [6.07, 6.45) is -4.79. The van der Waals surface area contributed by atoms with Crippen LogP contribution >= 0.6 is 0 Å². The molecule has 4 N–H and O–H groups in total. The summed E-state index contributed by atoms with van der Waals surface area (Å²) in [5.74, 6) is -3.61. The first-order chi connectivity index (χ1) is 22.0. The average Bonchev–Trinajstić information content (AvgIpc) is 3.43.